The fourth-order valence-corrected chi connectivity index (χ4v) is 2.10. The fraction of sp³-hybridized carbons (Fsp3) is 0.412. The van der Waals surface area contributed by atoms with Crippen molar-refractivity contribution >= 4 is 5.91 Å². The molecule has 1 N–H and O–H groups in total. The van der Waals surface area contributed by atoms with E-state index in [2.05, 4.69) is 22.4 Å². The van der Waals surface area contributed by atoms with Gasteiger partial charge in [-0.1, -0.05) is 44.2 Å². The Morgan fingerprint density at radius 3 is 2.62 bits per heavy atom. The van der Waals surface area contributed by atoms with E-state index in [-0.39, 0.29) is 11.8 Å². The normalized spacial score (nSPS) is 10.9. The molecule has 0 spiro atoms. The topological polar surface area (TPSA) is 55.1 Å². The van der Waals surface area contributed by atoms with E-state index in [0.717, 1.165) is 12.8 Å². The number of rotatable bonds is 6. The summed E-state index contributed by atoms with van der Waals surface area (Å²) in [4.78, 5) is 16.3. The number of nitrogens with zero attached hydrogens (tertiary/aromatic N) is 1. The second-order valence-electron chi connectivity index (χ2n) is 5.46. The molecule has 112 valence electrons. The first-order valence-electron chi connectivity index (χ1n) is 7.37. The minimum Gasteiger partial charge on any atom is -0.445 e. The van der Waals surface area contributed by atoms with Gasteiger partial charge in [0.05, 0.1) is 0 Å². The first kappa shape index (κ1) is 15.3. The number of benzene rings is 1. The lowest BCUT2D eigenvalue weighted by molar-refractivity contribution is 0.0947. The highest BCUT2D eigenvalue weighted by Gasteiger charge is 2.18. The van der Waals surface area contributed by atoms with Gasteiger partial charge in [0, 0.05) is 12.5 Å². The first-order valence-corrected chi connectivity index (χ1v) is 7.37. The molecule has 0 unspecified atom stereocenters. The minimum atomic E-state index is -0.156. The van der Waals surface area contributed by atoms with Crippen LogP contribution in [-0.4, -0.2) is 17.4 Å². The second-order valence-corrected chi connectivity index (χ2v) is 5.46. The molecule has 4 heteroatoms. The quantitative estimate of drug-likeness (QED) is 0.827. The molecule has 1 aromatic heterocycles. The smallest absolute Gasteiger partial charge is 0.273 e. The number of hydrogen-bond donors (Lipinski definition) is 1. The van der Waals surface area contributed by atoms with E-state index in [1.54, 1.807) is 6.92 Å². The van der Waals surface area contributed by atoms with Gasteiger partial charge in [-0.3, -0.25) is 4.79 Å². The Balaban J connectivity index is 1.82. The summed E-state index contributed by atoms with van der Waals surface area (Å²) in [7, 11) is 0. The zero-order chi connectivity index (χ0) is 15.2. The molecule has 21 heavy (non-hydrogen) atoms. The Labute approximate surface area is 125 Å². The van der Waals surface area contributed by atoms with Crippen LogP contribution >= 0.6 is 0 Å². The maximum atomic E-state index is 12.1. The van der Waals surface area contributed by atoms with E-state index >= 15 is 0 Å². The highest BCUT2D eigenvalue weighted by atomic mass is 16.4. The molecular formula is C17H22N2O2. The second kappa shape index (κ2) is 7.07. The Morgan fingerprint density at radius 2 is 2.00 bits per heavy atom. The average Bonchev–Trinajstić information content (AvgIpc) is 2.87. The molecule has 0 atom stereocenters. The van der Waals surface area contributed by atoms with E-state index in [1.165, 1.54) is 5.56 Å². The standard InChI is InChI=1S/C17H22N2O2/c1-12(2)17-19-15(13(3)21-17)16(20)18-11-7-10-14-8-5-4-6-9-14/h4-6,8-9,12H,7,10-11H2,1-3H3,(H,18,20). The van der Waals surface area contributed by atoms with Crippen molar-refractivity contribution in [2.24, 2.45) is 0 Å². The maximum absolute atomic E-state index is 12.1. The van der Waals surface area contributed by atoms with Crippen molar-refractivity contribution in [1.29, 1.82) is 0 Å². The molecule has 0 bridgehead atoms. The van der Waals surface area contributed by atoms with Crippen LogP contribution in [0.3, 0.4) is 0 Å². The summed E-state index contributed by atoms with van der Waals surface area (Å²) in [6.07, 6.45) is 1.86. The number of oxazole rings is 1. The summed E-state index contributed by atoms with van der Waals surface area (Å²) in [5, 5.41) is 2.90. The summed E-state index contributed by atoms with van der Waals surface area (Å²) in [5.41, 5.74) is 1.69. The molecule has 1 heterocycles. The van der Waals surface area contributed by atoms with Crippen LogP contribution in [0.1, 0.15) is 53.9 Å². The van der Waals surface area contributed by atoms with Crippen LogP contribution in [0.5, 0.6) is 0 Å². The van der Waals surface area contributed by atoms with Crippen molar-refractivity contribution in [2.45, 2.75) is 39.5 Å². The highest BCUT2D eigenvalue weighted by molar-refractivity contribution is 5.93. The van der Waals surface area contributed by atoms with Crippen molar-refractivity contribution in [3.63, 3.8) is 0 Å². The van der Waals surface area contributed by atoms with Crippen LogP contribution < -0.4 is 5.32 Å². The Morgan fingerprint density at radius 1 is 1.29 bits per heavy atom. The van der Waals surface area contributed by atoms with E-state index in [9.17, 15) is 4.79 Å². The van der Waals surface area contributed by atoms with E-state index in [0.29, 0.717) is 23.9 Å². The lowest BCUT2D eigenvalue weighted by Gasteiger charge is -2.04. The number of aryl methyl sites for hydroxylation is 2. The number of nitrogens with one attached hydrogen (secondary N) is 1. The molecule has 1 amide bonds. The van der Waals surface area contributed by atoms with Crippen LogP contribution in [0.4, 0.5) is 0 Å². The van der Waals surface area contributed by atoms with Crippen molar-refractivity contribution in [3.05, 3.63) is 53.2 Å². The molecule has 2 aromatic rings. The molecule has 0 saturated carbocycles. The lowest BCUT2D eigenvalue weighted by Crippen LogP contribution is -2.25. The van der Waals surface area contributed by atoms with Gasteiger partial charge >= 0.3 is 0 Å². The highest BCUT2D eigenvalue weighted by Crippen LogP contribution is 2.17. The summed E-state index contributed by atoms with van der Waals surface area (Å²) in [6, 6.07) is 10.3. The van der Waals surface area contributed by atoms with Crippen LogP contribution in [0.25, 0.3) is 0 Å². The zero-order valence-corrected chi connectivity index (χ0v) is 12.8. The largest absolute Gasteiger partial charge is 0.445 e. The predicted molar refractivity (Wildman–Crippen MR) is 82.4 cm³/mol. The fourth-order valence-electron chi connectivity index (χ4n) is 2.10. The average molecular weight is 286 g/mol. The summed E-state index contributed by atoms with van der Waals surface area (Å²) >= 11 is 0. The Bertz CT molecular complexity index is 588. The van der Waals surface area contributed by atoms with Gasteiger partial charge in [-0.05, 0) is 25.3 Å². The van der Waals surface area contributed by atoms with Gasteiger partial charge in [0.25, 0.3) is 5.91 Å². The third kappa shape index (κ3) is 4.18. The van der Waals surface area contributed by atoms with Crippen molar-refractivity contribution in [2.75, 3.05) is 6.54 Å². The Hall–Kier alpha value is -2.10. The maximum Gasteiger partial charge on any atom is 0.273 e. The summed E-state index contributed by atoms with van der Waals surface area (Å²) in [6.45, 7) is 6.40. The van der Waals surface area contributed by atoms with E-state index in [1.807, 2.05) is 32.0 Å². The van der Waals surface area contributed by atoms with Gasteiger partial charge in [-0.15, -0.1) is 0 Å². The summed E-state index contributed by atoms with van der Waals surface area (Å²) < 4.78 is 5.50. The third-order valence-corrected chi connectivity index (χ3v) is 3.29. The SMILES string of the molecule is Cc1oc(C(C)C)nc1C(=O)NCCCc1ccccc1. The third-order valence-electron chi connectivity index (χ3n) is 3.29. The first-order chi connectivity index (χ1) is 10.1. The molecule has 0 aliphatic rings. The monoisotopic (exact) mass is 286 g/mol. The van der Waals surface area contributed by atoms with Gasteiger partial charge in [-0.2, -0.15) is 0 Å². The van der Waals surface area contributed by atoms with Gasteiger partial charge in [0.15, 0.2) is 11.6 Å². The molecule has 0 aliphatic carbocycles. The molecular weight excluding hydrogens is 264 g/mol. The van der Waals surface area contributed by atoms with Gasteiger partial charge in [0.1, 0.15) is 5.76 Å². The van der Waals surface area contributed by atoms with Crippen LogP contribution in [0, 0.1) is 6.92 Å². The molecule has 0 aliphatic heterocycles. The predicted octanol–water partition coefficient (Wildman–Crippen LogP) is 3.47. The van der Waals surface area contributed by atoms with E-state index < -0.39 is 0 Å². The molecule has 0 saturated heterocycles. The minimum absolute atomic E-state index is 0.156. The number of carbonyl (C=O) groups is 1. The molecule has 1 aromatic carbocycles. The number of aromatic nitrogens is 1. The number of carbonyl (C=O) groups excluding carboxylic acids is 1. The van der Waals surface area contributed by atoms with Crippen LogP contribution in [0.2, 0.25) is 0 Å². The summed E-state index contributed by atoms with van der Waals surface area (Å²) in [5.74, 6) is 1.22. The van der Waals surface area contributed by atoms with E-state index in [4.69, 9.17) is 4.42 Å². The van der Waals surface area contributed by atoms with Gasteiger partial charge in [0.2, 0.25) is 0 Å². The van der Waals surface area contributed by atoms with Crippen molar-refractivity contribution in [3.8, 4) is 0 Å². The van der Waals surface area contributed by atoms with Crippen molar-refractivity contribution in [1.82, 2.24) is 10.3 Å². The van der Waals surface area contributed by atoms with Crippen molar-refractivity contribution < 1.29 is 9.21 Å². The number of hydrogen-bond acceptors (Lipinski definition) is 3. The number of amides is 1. The molecule has 4 nitrogen and oxygen atoms in total. The zero-order valence-electron chi connectivity index (χ0n) is 12.8. The van der Waals surface area contributed by atoms with Crippen LogP contribution in [0.15, 0.2) is 34.7 Å². The molecule has 0 radical (unpaired) electrons. The molecule has 2 rings (SSSR count). The molecule has 0 fully saturated rings. The lowest BCUT2D eigenvalue weighted by atomic mass is 10.1. The Kier molecular flexibility index (Phi) is 5.14. The van der Waals surface area contributed by atoms with Gasteiger partial charge in [-0.25, -0.2) is 4.98 Å². The van der Waals surface area contributed by atoms with Gasteiger partial charge < -0.3 is 9.73 Å². The van der Waals surface area contributed by atoms with Crippen LogP contribution in [-0.2, 0) is 6.42 Å².